The molecule has 0 fully saturated rings. The summed E-state index contributed by atoms with van der Waals surface area (Å²) in [7, 11) is 0. The van der Waals surface area contributed by atoms with E-state index in [-0.39, 0.29) is 12.4 Å². The standard InChI is InChI=1S/C10H13NO2.ClH/c11-7-6-9(10(12)13)8-4-2-1-3-5-8;/h1-5,9H,6-7,11H2,(H,12,13);1H. The van der Waals surface area contributed by atoms with Gasteiger partial charge < -0.3 is 23.2 Å². The molecule has 0 spiro atoms. The molecule has 1 rings (SSSR count). The van der Waals surface area contributed by atoms with Gasteiger partial charge in [-0.1, -0.05) is 30.3 Å². The Hall–Kier alpha value is -1.06. The summed E-state index contributed by atoms with van der Waals surface area (Å²) in [6, 6.07) is 9.28. The first kappa shape index (κ1) is 12.9. The molecule has 3 nitrogen and oxygen atoms in total. The summed E-state index contributed by atoms with van der Waals surface area (Å²) in [6.07, 6.45) is 0.597. The van der Waals surface area contributed by atoms with E-state index in [1.165, 1.54) is 0 Å². The maximum atomic E-state index is 10.9. The second-order valence-electron chi connectivity index (χ2n) is 2.94. The van der Waals surface area contributed by atoms with Crippen LogP contribution in [0.5, 0.6) is 0 Å². The molecule has 1 aromatic carbocycles. The Kier molecular flexibility index (Phi) is 5.92. The molecule has 0 amide bonds. The molecule has 0 aliphatic carbocycles. The summed E-state index contributed by atoms with van der Waals surface area (Å²) in [4.78, 5) is 10.9. The molecule has 4 heteroatoms. The molecule has 1 aromatic rings. The number of carboxylic acids is 1. The number of quaternary nitrogens is 1. The van der Waals surface area contributed by atoms with E-state index in [9.17, 15) is 4.79 Å². The quantitative estimate of drug-likeness (QED) is 0.583. The van der Waals surface area contributed by atoms with E-state index < -0.39 is 11.9 Å². The van der Waals surface area contributed by atoms with Gasteiger partial charge in [-0.3, -0.25) is 4.79 Å². The SMILES string of the molecule is [Cl-].[NH3+]CCC(C(=O)O)c1ccccc1. The summed E-state index contributed by atoms with van der Waals surface area (Å²) in [5.41, 5.74) is 4.53. The molecule has 0 saturated heterocycles. The highest BCUT2D eigenvalue weighted by molar-refractivity contribution is 5.75. The van der Waals surface area contributed by atoms with Gasteiger partial charge in [0.25, 0.3) is 0 Å². The molecule has 4 N–H and O–H groups in total. The van der Waals surface area contributed by atoms with E-state index >= 15 is 0 Å². The average molecular weight is 216 g/mol. The van der Waals surface area contributed by atoms with Crippen molar-refractivity contribution in [1.82, 2.24) is 0 Å². The first-order valence-corrected chi connectivity index (χ1v) is 4.32. The molecule has 0 radical (unpaired) electrons. The van der Waals surface area contributed by atoms with Gasteiger partial charge in [-0.2, -0.15) is 0 Å². The number of carbonyl (C=O) groups is 1. The molecule has 1 unspecified atom stereocenters. The highest BCUT2D eigenvalue weighted by Gasteiger charge is 2.18. The normalized spacial score (nSPS) is 11.5. The van der Waals surface area contributed by atoms with Crippen molar-refractivity contribution in [3.63, 3.8) is 0 Å². The minimum Gasteiger partial charge on any atom is -1.00 e. The van der Waals surface area contributed by atoms with Gasteiger partial charge in [-0.15, -0.1) is 0 Å². The highest BCUT2D eigenvalue weighted by atomic mass is 35.5. The number of halogens is 1. The Morgan fingerprint density at radius 3 is 2.36 bits per heavy atom. The molecule has 0 heterocycles. The summed E-state index contributed by atoms with van der Waals surface area (Å²) >= 11 is 0. The fraction of sp³-hybridized carbons (Fsp3) is 0.300. The second kappa shape index (κ2) is 6.40. The Bertz CT molecular complexity index is 277. The second-order valence-corrected chi connectivity index (χ2v) is 2.94. The molecule has 0 saturated carbocycles. The van der Waals surface area contributed by atoms with Crippen LogP contribution in [-0.2, 0) is 4.79 Å². The highest BCUT2D eigenvalue weighted by Crippen LogP contribution is 2.18. The maximum absolute atomic E-state index is 10.9. The lowest BCUT2D eigenvalue weighted by molar-refractivity contribution is -0.368. The first-order valence-electron chi connectivity index (χ1n) is 4.32. The van der Waals surface area contributed by atoms with Crippen molar-refractivity contribution < 1.29 is 28.0 Å². The lowest BCUT2D eigenvalue weighted by Gasteiger charge is -2.09. The molecule has 0 aliphatic heterocycles. The van der Waals surface area contributed by atoms with Crippen molar-refractivity contribution in [2.24, 2.45) is 0 Å². The maximum Gasteiger partial charge on any atom is 0.311 e. The molecule has 0 aliphatic rings. The van der Waals surface area contributed by atoms with E-state index in [0.717, 1.165) is 5.56 Å². The topological polar surface area (TPSA) is 64.9 Å². The summed E-state index contributed by atoms with van der Waals surface area (Å²) in [5, 5.41) is 8.93. The van der Waals surface area contributed by atoms with E-state index in [4.69, 9.17) is 5.11 Å². The number of carboxylic acid groups (broad SMARTS) is 1. The summed E-state index contributed by atoms with van der Waals surface area (Å²) in [6.45, 7) is 0.645. The van der Waals surface area contributed by atoms with Crippen molar-refractivity contribution in [2.45, 2.75) is 12.3 Å². The van der Waals surface area contributed by atoms with Gasteiger partial charge in [0.05, 0.1) is 12.5 Å². The number of rotatable bonds is 4. The minimum atomic E-state index is -0.769. The van der Waals surface area contributed by atoms with E-state index in [0.29, 0.717) is 13.0 Å². The Morgan fingerprint density at radius 2 is 1.93 bits per heavy atom. The van der Waals surface area contributed by atoms with Crippen LogP contribution in [0.4, 0.5) is 0 Å². The Balaban J connectivity index is 0.00000169. The number of aliphatic carboxylic acids is 1. The van der Waals surface area contributed by atoms with Crippen molar-refractivity contribution >= 4 is 5.97 Å². The average Bonchev–Trinajstić information content (AvgIpc) is 2.15. The van der Waals surface area contributed by atoms with Crippen LogP contribution < -0.4 is 18.1 Å². The fourth-order valence-electron chi connectivity index (χ4n) is 1.32. The molecule has 0 aromatic heterocycles. The van der Waals surface area contributed by atoms with Crippen LogP contribution in [0, 0.1) is 0 Å². The molecular weight excluding hydrogens is 202 g/mol. The first-order chi connectivity index (χ1) is 6.25. The van der Waals surface area contributed by atoms with Gasteiger partial charge in [0, 0.05) is 6.42 Å². The Labute approximate surface area is 89.3 Å². The molecule has 14 heavy (non-hydrogen) atoms. The van der Waals surface area contributed by atoms with Crippen LogP contribution in [0.2, 0.25) is 0 Å². The van der Waals surface area contributed by atoms with E-state index in [2.05, 4.69) is 5.73 Å². The van der Waals surface area contributed by atoms with Crippen LogP contribution in [0.15, 0.2) is 30.3 Å². The van der Waals surface area contributed by atoms with Crippen molar-refractivity contribution in [3.8, 4) is 0 Å². The van der Waals surface area contributed by atoms with Crippen molar-refractivity contribution in [2.75, 3.05) is 6.54 Å². The van der Waals surface area contributed by atoms with Crippen LogP contribution >= 0.6 is 0 Å². The monoisotopic (exact) mass is 215 g/mol. The zero-order valence-corrected chi connectivity index (χ0v) is 8.57. The zero-order valence-electron chi connectivity index (χ0n) is 7.82. The Morgan fingerprint density at radius 1 is 1.36 bits per heavy atom. The van der Waals surface area contributed by atoms with Crippen LogP contribution in [-0.4, -0.2) is 17.6 Å². The summed E-state index contributed by atoms with van der Waals surface area (Å²) < 4.78 is 0. The van der Waals surface area contributed by atoms with Crippen molar-refractivity contribution in [1.29, 1.82) is 0 Å². The molecule has 0 bridgehead atoms. The molecule has 1 atom stereocenters. The summed E-state index contributed by atoms with van der Waals surface area (Å²) in [5.74, 6) is -1.17. The van der Waals surface area contributed by atoms with E-state index in [1.54, 1.807) is 0 Å². The van der Waals surface area contributed by atoms with Crippen LogP contribution in [0.25, 0.3) is 0 Å². The van der Waals surface area contributed by atoms with Crippen molar-refractivity contribution in [3.05, 3.63) is 35.9 Å². The largest absolute Gasteiger partial charge is 1.00 e. The predicted octanol–water partition coefficient (Wildman–Crippen LogP) is -2.51. The van der Waals surface area contributed by atoms with Gasteiger partial charge in [0.2, 0.25) is 0 Å². The van der Waals surface area contributed by atoms with Gasteiger partial charge in [0.15, 0.2) is 0 Å². The van der Waals surface area contributed by atoms with Crippen LogP contribution in [0.3, 0.4) is 0 Å². The third-order valence-electron chi connectivity index (χ3n) is 1.99. The molecular formula is C10H14ClNO2. The van der Waals surface area contributed by atoms with Crippen LogP contribution in [0.1, 0.15) is 17.9 Å². The van der Waals surface area contributed by atoms with E-state index in [1.807, 2.05) is 30.3 Å². The smallest absolute Gasteiger partial charge is 0.311 e. The fourth-order valence-corrected chi connectivity index (χ4v) is 1.32. The minimum absolute atomic E-state index is 0. The van der Waals surface area contributed by atoms with Gasteiger partial charge in [-0.05, 0) is 5.56 Å². The number of benzene rings is 1. The van der Waals surface area contributed by atoms with Gasteiger partial charge >= 0.3 is 5.97 Å². The third-order valence-corrected chi connectivity index (χ3v) is 1.99. The van der Waals surface area contributed by atoms with Gasteiger partial charge in [-0.25, -0.2) is 0 Å². The molecule has 78 valence electrons. The number of hydrogen-bond acceptors (Lipinski definition) is 1. The lowest BCUT2D eigenvalue weighted by Crippen LogP contribution is -3.00. The zero-order chi connectivity index (χ0) is 9.68. The third kappa shape index (κ3) is 3.36. The predicted molar refractivity (Wildman–Crippen MR) is 49.2 cm³/mol. The lowest BCUT2D eigenvalue weighted by atomic mass is 9.96. The number of hydrogen-bond donors (Lipinski definition) is 2. The van der Waals surface area contributed by atoms with Gasteiger partial charge in [0.1, 0.15) is 0 Å².